The summed E-state index contributed by atoms with van der Waals surface area (Å²) in [6, 6.07) is 11.0. The van der Waals surface area contributed by atoms with Gasteiger partial charge in [-0.25, -0.2) is 0 Å². The van der Waals surface area contributed by atoms with E-state index in [2.05, 4.69) is 58.0 Å². The molecule has 0 spiro atoms. The molecule has 1 N–H and O–H groups in total. The van der Waals surface area contributed by atoms with Crippen LogP contribution in [0.3, 0.4) is 0 Å². The summed E-state index contributed by atoms with van der Waals surface area (Å²) in [6.45, 7) is 3.21. The number of tetrazole rings is 1. The molecular weight excluding hydrogens is 250 g/mol. The molecule has 0 amide bonds. The van der Waals surface area contributed by atoms with Gasteiger partial charge in [0.05, 0.1) is 7.05 Å². The Labute approximate surface area is 120 Å². The van der Waals surface area contributed by atoms with E-state index >= 15 is 0 Å². The van der Waals surface area contributed by atoms with Gasteiger partial charge in [-0.3, -0.25) is 0 Å². The van der Waals surface area contributed by atoms with E-state index in [0.717, 1.165) is 38.1 Å². The lowest BCUT2D eigenvalue weighted by atomic mass is 10.0. The van der Waals surface area contributed by atoms with Crippen molar-refractivity contribution in [1.29, 1.82) is 0 Å². The molecule has 2 rings (SSSR count). The summed E-state index contributed by atoms with van der Waals surface area (Å²) < 4.78 is 0. The van der Waals surface area contributed by atoms with Crippen LogP contribution in [0.1, 0.15) is 31.2 Å². The lowest BCUT2D eigenvalue weighted by Crippen LogP contribution is -2.32. The molecule has 0 fully saturated rings. The SMILES string of the molecule is CCCNC(CCc1ccccc1)Cc1nnn(C)n1. The maximum atomic E-state index is 4.27. The second-order valence-electron chi connectivity index (χ2n) is 5.07. The fourth-order valence-corrected chi connectivity index (χ4v) is 2.24. The van der Waals surface area contributed by atoms with Crippen molar-refractivity contribution in [1.82, 2.24) is 25.5 Å². The topological polar surface area (TPSA) is 55.6 Å². The van der Waals surface area contributed by atoms with Crippen LogP contribution in [0.4, 0.5) is 0 Å². The molecule has 5 nitrogen and oxygen atoms in total. The molecule has 1 aromatic carbocycles. The van der Waals surface area contributed by atoms with Crippen molar-refractivity contribution >= 4 is 0 Å². The Hall–Kier alpha value is -1.75. The van der Waals surface area contributed by atoms with E-state index in [1.165, 1.54) is 10.4 Å². The van der Waals surface area contributed by atoms with Gasteiger partial charge in [-0.2, -0.15) is 4.80 Å². The second kappa shape index (κ2) is 7.75. The van der Waals surface area contributed by atoms with Gasteiger partial charge in [-0.1, -0.05) is 37.3 Å². The van der Waals surface area contributed by atoms with E-state index in [-0.39, 0.29) is 0 Å². The Kier molecular flexibility index (Phi) is 5.68. The number of benzene rings is 1. The lowest BCUT2D eigenvalue weighted by Gasteiger charge is -2.16. The van der Waals surface area contributed by atoms with Crippen molar-refractivity contribution in [2.75, 3.05) is 6.54 Å². The van der Waals surface area contributed by atoms with E-state index < -0.39 is 0 Å². The van der Waals surface area contributed by atoms with Gasteiger partial charge in [-0.05, 0) is 36.6 Å². The molecule has 0 bridgehead atoms. The van der Waals surface area contributed by atoms with Crippen LogP contribution in [0, 0.1) is 0 Å². The fraction of sp³-hybridized carbons (Fsp3) is 0.533. The van der Waals surface area contributed by atoms with Crippen LogP contribution in [-0.2, 0) is 19.9 Å². The minimum atomic E-state index is 0.402. The molecule has 0 saturated carbocycles. The molecule has 20 heavy (non-hydrogen) atoms. The minimum Gasteiger partial charge on any atom is -0.314 e. The largest absolute Gasteiger partial charge is 0.314 e. The summed E-state index contributed by atoms with van der Waals surface area (Å²) in [7, 11) is 1.80. The smallest absolute Gasteiger partial charge is 0.176 e. The Morgan fingerprint density at radius 1 is 1.25 bits per heavy atom. The number of aryl methyl sites for hydroxylation is 2. The molecule has 0 aliphatic rings. The van der Waals surface area contributed by atoms with Crippen molar-refractivity contribution in [2.45, 2.75) is 38.6 Å². The van der Waals surface area contributed by atoms with Crippen molar-refractivity contribution in [3.8, 4) is 0 Å². The van der Waals surface area contributed by atoms with Gasteiger partial charge in [0.25, 0.3) is 0 Å². The van der Waals surface area contributed by atoms with Gasteiger partial charge in [0.15, 0.2) is 5.82 Å². The summed E-state index contributed by atoms with van der Waals surface area (Å²) in [5, 5.41) is 15.8. The van der Waals surface area contributed by atoms with Crippen LogP contribution < -0.4 is 5.32 Å². The maximum Gasteiger partial charge on any atom is 0.176 e. The standard InChI is InChI=1S/C15H23N5/c1-3-11-16-14(12-15-17-19-20(2)18-15)10-9-13-7-5-4-6-8-13/h4-8,14,16H,3,9-12H2,1-2H3. The predicted molar refractivity (Wildman–Crippen MR) is 79.3 cm³/mol. The van der Waals surface area contributed by atoms with E-state index in [1.807, 2.05) is 0 Å². The Balaban J connectivity index is 1.89. The van der Waals surface area contributed by atoms with Crippen LogP contribution in [0.25, 0.3) is 0 Å². The summed E-state index contributed by atoms with van der Waals surface area (Å²) in [6.07, 6.45) is 4.13. The zero-order valence-electron chi connectivity index (χ0n) is 12.3. The van der Waals surface area contributed by atoms with E-state index in [4.69, 9.17) is 0 Å². The highest BCUT2D eigenvalue weighted by Crippen LogP contribution is 2.08. The number of rotatable bonds is 8. The van der Waals surface area contributed by atoms with Crippen LogP contribution in [-0.4, -0.2) is 32.8 Å². The fourth-order valence-electron chi connectivity index (χ4n) is 2.24. The zero-order chi connectivity index (χ0) is 14.2. The molecular formula is C15H23N5. The van der Waals surface area contributed by atoms with Gasteiger partial charge < -0.3 is 5.32 Å². The Bertz CT molecular complexity index is 494. The number of nitrogens with one attached hydrogen (secondary N) is 1. The zero-order valence-corrected chi connectivity index (χ0v) is 12.3. The first-order valence-corrected chi connectivity index (χ1v) is 7.28. The molecule has 0 aliphatic heterocycles. The molecule has 0 saturated heterocycles. The average molecular weight is 273 g/mol. The molecule has 1 atom stereocenters. The molecule has 0 aliphatic carbocycles. The first-order chi connectivity index (χ1) is 9.78. The normalized spacial score (nSPS) is 12.5. The third-order valence-electron chi connectivity index (χ3n) is 3.29. The summed E-state index contributed by atoms with van der Waals surface area (Å²) in [4.78, 5) is 1.52. The van der Waals surface area contributed by atoms with Crippen LogP contribution >= 0.6 is 0 Å². The Morgan fingerprint density at radius 3 is 2.70 bits per heavy atom. The van der Waals surface area contributed by atoms with Crippen LogP contribution in [0.5, 0.6) is 0 Å². The Morgan fingerprint density at radius 2 is 2.05 bits per heavy atom. The summed E-state index contributed by atoms with van der Waals surface area (Å²) >= 11 is 0. The third-order valence-corrected chi connectivity index (χ3v) is 3.29. The first kappa shape index (κ1) is 14.7. The second-order valence-corrected chi connectivity index (χ2v) is 5.07. The van der Waals surface area contributed by atoms with Gasteiger partial charge in [0.1, 0.15) is 0 Å². The van der Waals surface area contributed by atoms with Crippen molar-refractivity contribution in [3.63, 3.8) is 0 Å². The lowest BCUT2D eigenvalue weighted by molar-refractivity contribution is 0.468. The van der Waals surface area contributed by atoms with Crippen LogP contribution in [0.15, 0.2) is 30.3 Å². The molecule has 0 radical (unpaired) electrons. The summed E-state index contributed by atoms with van der Waals surface area (Å²) in [5.74, 6) is 0.814. The van der Waals surface area contributed by atoms with Gasteiger partial charge >= 0.3 is 0 Å². The van der Waals surface area contributed by atoms with Gasteiger partial charge in [-0.15, -0.1) is 10.2 Å². The predicted octanol–water partition coefficient (Wildman–Crippen LogP) is 1.75. The average Bonchev–Trinajstić information content (AvgIpc) is 2.88. The van der Waals surface area contributed by atoms with Crippen molar-refractivity contribution < 1.29 is 0 Å². The molecule has 108 valence electrons. The molecule has 5 heteroatoms. The van der Waals surface area contributed by atoms with E-state index in [0.29, 0.717) is 6.04 Å². The number of nitrogens with zero attached hydrogens (tertiary/aromatic N) is 4. The van der Waals surface area contributed by atoms with Crippen molar-refractivity contribution in [3.05, 3.63) is 41.7 Å². The monoisotopic (exact) mass is 273 g/mol. The molecule has 1 unspecified atom stereocenters. The molecule has 1 heterocycles. The molecule has 1 aromatic heterocycles. The highest BCUT2D eigenvalue weighted by molar-refractivity contribution is 5.14. The van der Waals surface area contributed by atoms with Gasteiger partial charge in [0.2, 0.25) is 0 Å². The van der Waals surface area contributed by atoms with E-state index in [9.17, 15) is 0 Å². The number of hydrogen-bond acceptors (Lipinski definition) is 4. The van der Waals surface area contributed by atoms with Crippen LogP contribution in [0.2, 0.25) is 0 Å². The minimum absolute atomic E-state index is 0.402. The number of hydrogen-bond donors (Lipinski definition) is 1. The maximum absolute atomic E-state index is 4.27. The first-order valence-electron chi connectivity index (χ1n) is 7.28. The quantitative estimate of drug-likeness (QED) is 0.796. The van der Waals surface area contributed by atoms with Gasteiger partial charge in [0, 0.05) is 12.5 Å². The van der Waals surface area contributed by atoms with Crippen molar-refractivity contribution in [2.24, 2.45) is 7.05 Å². The number of aromatic nitrogens is 4. The third kappa shape index (κ3) is 4.74. The molecule has 2 aromatic rings. The summed E-state index contributed by atoms with van der Waals surface area (Å²) in [5.41, 5.74) is 1.38. The van der Waals surface area contributed by atoms with E-state index in [1.54, 1.807) is 7.05 Å². The highest BCUT2D eigenvalue weighted by Gasteiger charge is 2.12. The highest BCUT2D eigenvalue weighted by atomic mass is 15.6.